The number of allylic oxidation sites excluding steroid dienone is 1. The maximum Gasteiger partial charge on any atom is 0.328 e. The molecule has 0 bridgehead atoms. The first-order valence-electron chi connectivity index (χ1n) is 9.52. The van der Waals surface area contributed by atoms with Crippen molar-refractivity contribution in [2.45, 2.75) is 19.4 Å². The number of aromatic nitrogens is 4. The first-order valence-corrected chi connectivity index (χ1v) is 9.52. The van der Waals surface area contributed by atoms with Crippen LogP contribution in [0.4, 0.5) is 0 Å². The molecule has 0 spiro atoms. The fraction of sp³-hybridized carbons (Fsp3) is 0.190. The summed E-state index contributed by atoms with van der Waals surface area (Å²) in [6.07, 6.45) is 5.03. The number of esters is 1. The van der Waals surface area contributed by atoms with Crippen LogP contribution in [0.1, 0.15) is 18.9 Å². The molecular weight excluding hydrogens is 400 g/mol. The summed E-state index contributed by atoms with van der Waals surface area (Å²) >= 11 is 0. The minimum Gasteiger partial charge on any atom is -0.467 e. The van der Waals surface area contributed by atoms with E-state index in [0.29, 0.717) is 33.7 Å². The zero-order chi connectivity index (χ0) is 22.0. The maximum absolute atomic E-state index is 12.5. The summed E-state index contributed by atoms with van der Waals surface area (Å²) in [6, 6.07) is 6.55. The highest BCUT2D eigenvalue weighted by Crippen LogP contribution is 2.25. The predicted octanol–water partition coefficient (Wildman–Crippen LogP) is -0.0141. The molecule has 158 valence electrons. The van der Waals surface area contributed by atoms with Crippen molar-refractivity contribution >= 4 is 23.5 Å². The Kier molecular flexibility index (Phi) is 5.35. The van der Waals surface area contributed by atoms with Crippen molar-refractivity contribution in [2.24, 2.45) is 4.99 Å². The van der Waals surface area contributed by atoms with E-state index in [4.69, 9.17) is 4.74 Å². The third-order valence-electron chi connectivity index (χ3n) is 4.88. The molecule has 10 nitrogen and oxygen atoms in total. The van der Waals surface area contributed by atoms with Crippen molar-refractivity contribution in [1.82, 2.24) is 25.5 Å². The predicted molar refractivity (Wildman–Crippen MR) is 112 cm³/mol. The number of carbonyl (C=O) groups is 2. The van der Waals surface area contributed by atoms with Gasteiger partial charge in [0.2, 0.25) is 5.91 Å². The van der Waals surface area contributed by atoms with Crippen LogP contribution < -0.4 is 21.5 Å². The molecule has 0 aliphatic carbocycles. The Morgan fingerprint density at radius 2 is 2.06 bits per heavy atom. The number of nitrogens with one attached hydrogen (secondary N) is 4. The number of hydrogen-bond donors (Lipinski definition) is 4. The summed E-state index contributed by atoms with van der Waals surface area (Å²) in [5, 5.41) is 9.53. The number of nitrogens with zero attached hydrogens (tertiary/aromatic N) is 2. The van der Waals surface area contributed by atoms with Crippen LogP contribution >= 0.6 is 0 Å². The molecule has 2 aromatic heterocycles. The molecule has 1 aliphatic heterocycles. The lowest BCUT2D eigenvalue weighted by molar-refractivity contribution is -0.144. The number of amides is 1. The average Bonchev–Trinajstić information content (AvgIpc) is 3.47. The van der Waals surface area contributed by atoms with E-state index in [1.54, 1.807) is 18.5 Å². The quantitative estimate of drug-likeness (QED) is 0.414. The van der Waals surface area contributed by atoms with Crippen molar-refractivity contribution in [3.05, 3.63) is 68.8 Å². The SMILES string of the molecule is COC(=O)C(CC1=c2ccccc2=N/C1=C/c1c(-c2ncc[nH]2)[nH][nH]c1=O)NC(C)=O. The van der Waals surface area contributed by atoms with Crippen molar-refractivity contribution in [3.63, 3.8) is 0 Å². The second-order valence-corrected chi connectivity index (χ2v) is 6.92. The number of ether oxygens (including phenoxy) is 1. The summed E-state index contributed by atoms with van der Waals surface area (Å²) in [5.41, 5.74) is 1.72. The van der Waals surface area contributed by atoms with E-state index in [9.17, 15) is 14.4 Å². The van der Waals surface area contributed by atoms with Gasteiger partial charge in [-0.25, -0.2) is 14.8 Å². The molecular formula is C21H20N6O4. The smallest absolute Gasteiger partial charge is 0.328 e. The van der Waals surface area contributed by atoms with Gasteiger partial charge in [0.15, 0.2) is 5.82 Å². The summed E-state index contributed by atoms with van der Waals surface area (Å²) < 4.78 is 4.85. The number of aromatic amines is 3. The zero-order valence-corrected chi connectivity index (χ0v) is 16.9. The minimum atomic E-state index is -0.892. The zero-order valence-electron chi connectivity index (χ0n) is 16.9. The van der Waals surface area contributed by atoms with E-state index < -0.39 is 12.0 Å². The van der Waals surface area contributed by atoms with Gasteiger partial charge in [-0.3, -0.25) is 19.8 Å². The van der Waals surface area contributed by atoms with Gasteiger partial charge in [-0.05, 0) is 17.7 Å². The Hall–Kier alpha value is -4.21. The van der Waals surface area contributed by atoms with Crippen LogP contribution in [0.15, 0.2) is 52.1 Å². The number of benzene rings is 1. The highest BCUT2D eigenvalue weighted by atomic mass is 16.5. The Morgan fingerprint density at radius 3 is 2.77 bits per heavy atom. The number of imidazole rings is 1. The van der Waals surface area contributed by atoms with Crippen molar-refractivity contribution in [1.29, 1.82) is 0 Å². The van der Waals surface area contributed by atoms with Crippen LogP contribution in [-0.4, -0.2) is 45.2 Å². The van der Waals surface area contributed by atoms with Crippen LogP contribution in [-0.2, 0) is 14.3 Å². The lowest BCUT2D eigenvalue weighted by Gasteiger charge is -2.16. The molecule has 31 heavy (non-hydrogen) atoms. The standard InChI is InChI=1S/C21H20N6O4/c1-11(28)24-17(21(30)31-2)9-13-12-5-3-4-6-15(12)25-16(13)10-14-18(26-27-20(14)29)19-22-7-8-23-19/h3-8,10,17H,9H2,1-2H3,(H,22,23)(H,24,28)(H2,26,27,29)/b16-10+. The molecule has 1 atom stereocenters. The molecule has 1 aliphatic rings. The molecule has 4 N–H and O–H groups in total. The molecule has 0 saturated heterocycles. The average molecular weight is 420 g/mol. The van der Waals surface area contributed by atoms with Gasteiger partial charge in [0, 0.05) is 31.0 Å². The molecule has 0 fully saturated rings. The fourth-order valence-electron chi connectivity index (χ4n) is 3.51. The van der Waals surface area contributed by atoms with Crippen LogP contribution in [0.2, 0.25) is 0 Å². The molecule has 1 unspecified atom stereocenters. The number of fused-ring (bicyclic) bond motifs is 1. The number of rotatable bonds is 6. The molecule has 3 aromatic rings. The first-order chi connectivity index (χ1) is 15.0. The van der Waals surface area contributed by atoms with E-state index in [1.807, 2.05) is 24.3 Å². The second kappa shape index (κ2) is 8.27. The molecule has 1 amide bonds. The van der Waals surface area contributed by atoms with E-state index in [1.165, 1.54) is 14.0 Å². The van der Waals surface area contributed by atoms with Gasteiger partial charge in [0.1, 0.15) is 11.7 Å². The van der Waals surface area contributed by atoms with E-state index in [-0.39, 0.29) is 17.9 Å². The number of hydrogen-bond acceptors (Lipinski definition) is 6. The molecule has 10 heteroatoms. The summed E-state index contributed by atoms with van der Waals surface area (Å²) in [6.45, 7) is 1.33. The number of para-hydroxylation sites is 1. The molecule has 1 aromatic carbocycles. The van der Waals surface area contributed by atoms with Crippen molar-refractivity contribution in [2.75, 3.05) is 7.11 Å². The fourth-order valence-corrected chi connectivity index (χ4v) is 3.51. The summed E-state index contributed by atoms with van der Waals surface area (Å²) in [4.78, 5) is 48.2. The normalized spacial score (nSPS) is 14.8. The van der Waals surface area contributed by atoms with Crippen LogP contribution in [0.5, 0.6) is 0 Å². The highest BCUT2D eigenvalue weighted by molar-refractivity contribution is 5.87. The van der Waals surface area contributed by atoms with Crippen LogP contribution in [0.3, 0.4) is 0 Å². The Balaban J connectivity index is 1.83. The van der Waals surface area contributed by atoms with Gasteiger partial charge in [-0.1, -0.05) is 18.2 Å². The number of methoxy groups -OCH3 is 1. The van der Waals surface area contributed by atoms with Gasteiger partial charge in [-0.15, -0.1) is 0 Å². The maximum atomic E-state index is 12.5. The van der Waals surface area contributed by atoms with E-state index >= 15 is 0 Å². The van der Waals surface area contributed by atoms with E-state index in [2.05, 4.69) is 30.5 Å². The topological polar surface area (TPSA) is 145 Å². The molecule has 0 radical (unpaired) electrons. The van der Waals surface area contributed by atoms with Crippen LogP contribution in [0.25, 0.3) is 23.2 Å². The lowest BCUT2D eigenvalue weighted by atomic mass is 10.00. The first kappa shape index (κ1) is 20.1. The number of H-pyrrole nitrogens is 3. The Labute approximate surface area is 175 Å². The molecule has 3 heterocycles. The second-order valence-electron chi connectivity index (χ2n) is 6.92. The van der Waals surface area contributed by atoms with Crippen molar-refractivity contribution < 1.29 is 14.3 Å². The number of carbonyl (C=O) groups excluding carboxylic acids is 2. The van der Waals surface area contributed by atoms with Crippen LogP contribution in [0, 0.1) is 0 Å². The van der Waals surface area contributed by atoms with E-state index in [0.717, 1.165) is 5.22 Å². The van der Waals surface area contributed by atoms with Gasteiger partial charge in [-0.2, -0.15) is 0 Å². The Morgan fingerprint density at radius 1 is 1.26 bits per heavy atom. The van der Waals surface area contributed by atoms with Crippen molar-refractivity contribution in [3.8, 4) is 11.5 Å². The lowest BCUT2D eigenvalue weighted by Crippen LogP contribution is -2.41. The third kappa shape index (κ3) is 3.95. The third-order valence-corrected chi connectivity index (χ3v) is 4.88. The largest absolute Gasteiger partial charge is 0.467 e. The summed E-state index contributed by atoms with van der Waals surface area (Å²) in [5.74, 6) is -0.429. The molecule has 0 saturated carbocycles. The van der Waals surface area contributed by atoms with Gasteiger partial charge in [0.05, 0.1) is 23.7 Å². The van der Waals surface area contributed by atoms with Gasteiger partial charge in [0.25, 0.3) is 5.56 Å². The molecule has 4 rings (SSSR count). The van der Waals surface area contributed by atoms with Gasteiger partial charge < -0.3 is 15.0 Å². The summed E-state index contributed by atoms with van der Waals surface area (Å²) in [7, 11) is 1.26. The Bertz CT molecular complexity index is 1350. The highest BCUT2D eigenvalue weighted by Gasteiger charge is 2.26. The van der Waals surface area contributed by atoms with Gasteiger partial charge >= 0.3 is 5.97 Å². The minimum absolute atomic E-state index is 0.150. The monoisotopic (exact) mass is 420 g/mol.